The molecule has 0 saturated carbocycles. The van der Waals surface area contributed by atoms with Gasteiger partial charge in [0, 0.05) is 0 Å². The number of carbonyl (C=O) groups is 2. The summed E-state index contributed by atoms with van der Waals surface area (Å²) in [7, 11) is 0. The normalized spacial score (nSPS) is 12.9. The van der Waals surface area contributed by atoms with E-state index in [1.54, 1.807) is 0 Å². The second-order valence-electron chi connectivity index (χ2n) is 1.27. The predicted octanol–water partition coefficient (Wildman–Crippen LogP) is -0.898. The molecule has 0 spiro atoms. The largest absolute Gasteiger partial charge is 0.316 e. The van der Waals surface area contributed by atoms with Gasteiger partial charge in [-0.05, 0) is 6.92 Å². The van der Waals surface area contributed by atoms with Crippen LogP contribution in [0.25, 0.3) is 0 Å². The molecule has 3 nitrogen and oxygen atoms in total. The Morgan fingerprint density at radius 3 is 2.29 bits per heavy atom. The Morgan fingerprint density at radius 2 is 2.29 bits per heavy atom. The highest BCUT2D eigenvalue weighted by atomic mass is 16.1. The first-order valence-corrected chi connectivity index (χ1v) is 1.90. The molecule has 3 heteroatoms. The van der Waals surface area contributed by atoms with Crippen LogP contribution in [0.15, 0.2) is 0 Å². The highest BCUT2D eigenvalue weighted by Crippen LogP contribution is 1.70. The quantitative estimate of drug-likeness (QED) is 0.362. The van der Waals surface area contributed by atoms with E-state index in [1.807, 2.05) is 0 Å². The first-order chi connectivity index (χ1) is 3.18. The van der Waals surface area contributed by atoms with E-state index < -0.39 is 6.04 Å². The first-order valence-electron chi connectivity index (χ1n) is 1.90. The number of ketones is 1. The lowest BCUT2D eigenvalue weighted by Gasteiger charge is -1.90. The van der Waals surface area contributed by atoms with Crippen LogP contribution in [0.1, 0.15) is 6.92 Å². The summed E-state index contributed by atoms with van der Waals surface area (Å²) in [6, 6.07) is -0.917. The second-order valence-corrected chi connectivity index (χ2v) is 1.27. The van der Waals surface area contributed by atoms with E-state index >= 15 is 0 Å². The van der Waals surface area contributed by atoms with Crippen LogP contribution in [0.3, 0.4) is 0 Å². The van der Waals surface area contributed by atoms with Crippen LogP contribution in [0, 0.1) is 0 Å². The molecule has 2 N–H and O–H groups in total. The van der Waals surface area contributed by atoms with Crippen LogP contribution in [0.5, 0.6) is 0 Å². The lowest BCUT2D eigenvalue weighted by molar-refractivity contribution is -0.122. The van der Waals surface area contributed by atoms with Crippen LogP contribution < -0.4 is 5.73 Å². The lowest BCUT2D eigenvalue weighted by atomic mass is 10.2. The minimum Gasteiger partial charge on any atom is -0.316 e. The van der Waals surface area contributed by atoms with Gasteiger partial charge in [-0.25, -0.2) is 0 Å². The van der Waals surface area contributed by atoms with E-state index in [9.17, 15) is 9.59 Å². The summed E-state index contributed by atoms with van der Waals surface area (Å²) in [6.07, 6.45) is 0.419. The van der Waals surface area contributed by atoms with Gasteiger partial charge in [0.05, 0.1) is 0 Å². The number of hydrogen-bond acceptors (Lipinski definition) is 3. The smallest absolute Gasteiger partial charge is 0.153 e. The van der Waals surface area contributed by atoms with Gasteiger partial charge in [0.2, 0.25) is 0 Å². The number of hydrogen-bond donors (Lipinski definition) is 1. The van der Waals surface area contributed by atoms with Gasteiger partial charge >= 0.3 is 0 Å². The standard InChI is InChI=1S/C4H7NO2/c1-3(7)4(5)2-6/h2,4H,5H2,1H3/t4-/m0/s1. The second kappa shape index (κ2) is 2.47. The molecule has 0 saturated heterocycles. The zero-order valence-electron chi connectivity index (χ0n) is 4.05. The summed E-state index contributed by atoms with van der Waals surface area (Å²) in [4.78, 5) is 19.6. The van der Waals surface area contributed by atoms with E-state index in [1.165, 1.54) is 6.92 Å². The van der Waals surface area contributed by atoms with E-state index in [0.29, 0.717) is 6.29 Å². The Balaban J connectivity index is 3.55. The maximum absolute atomic E-state index is 10.0. The molecule has 0 aliphatic rings. The molecule has 7 heavy (non-hydrogen) atoms. The molecule has 1 atom stereocenters. The first kappa shape index (κ1) is 6.30. The van der Waals surface area contributed by atoms with Crippen molar-refractivity contribution in [3.05, 3.63) is 0 Å². The molecule has 0 heterocycles. The topological polar surface area (TPSA) is 60.2 Å². The zero-order valence-corrected chi connectivity index (χ0v) is 4.05. The van der Waals surface area contributed by atoms with Gasteiger partial charge in [-0.15, -0.1) is 0 Å². The summed E-state index contributed by atoms with van der Waals surface area (Å²) in [5, 5.41) is 0. The molecule has 0 aromatic carbocycles. The van der Waals surface area contributed by atoms with E-state index in [4.69, 9.17) is 5.73 Å². The number of aldehydes is 1. The summed E-state index contributed by atoms with van der Waals surface area (Å²) >= 11 is 0. The molecule has 0 aliphatic carbocycles. The molecular formula is C4H7NO2. The molecule has 0 aromatic rings. The van der Waals surface area contributed by atoms with Gasteiger partial charge in [-0.3, -0.25) is 4.79 Å². The minimum atomic E-state index is -0.917. The molecule has 0 bridgehead atoms. The molecule has 0 fully saturated rings. The molecule has 0 amide bonds. The average Bonchev–Trinajstić information content (AvgIpc) is 1.65. The summed E-state index contributed by atoms with van der Waals surface area (Å²) < 4.78 is 0. The number of rotatable bonds is 2. The molecule has 0 aromatic heterocycles. The summed E-state index contributed by atoms with van der Waals surface area (Å²) in [5.41, 5.74) is 4.90. The van der Waals surface area contributed by atoms with Crippen molar-refractivity contribution in [2.45, 2.75) is 13.0 Å². The molecule has 40 valence electrons. The Labute approximate surface area is 41.5 Å². The highest BCUT2D eigenvalue weighted by Gasteiger charge is 2.02. The van der Waals surface area contributed by atoms with Crippen molar-refractivity contribution in [3.8, 4) is 0 Å². The Hall–Kier alpha value is -0.700. The Kier molecular flexibility index (Phi) is 2.22. The van der Waals surface area contributed by atoms with Crippen LogP contribution >= 0.6 is 0 Å². The van der Waals surface area contributed by atoms with Crippen LogP contribution in [-0.2, 0) is 9.59 Å². The third-order valence-electron chi connectivity index (χ3n) is 0.616. The van der Waals surface area contributed by atoms with Gasteiger partial charge < -0.3 is 10.5 Å². The Bertz CT molecular complexity index is 89.7. The fourth-order valence-corrected chi connectivity index (χ4v) is 0.0958. The predicted molar refractivity (Wildman–Crippen MR) is 24.7 cm³/mol. The van der Waals surface area contributed by atoms with Crippen molar-refractivity contribution >= 4 is 12.1 Å². The SMILES string of the molecule is CC(=O)[C@@H](N)C=O. The third kappa shape index (κ3) is 2.05. The van der Waals surface area contributed by atoms with Crippen LogP contribution in [0.4, 0.5) is 0 Å². The minimum absolute atomic E-state index is 0.296. The number of nitrogens with two attached hydrogens (primary N) is 1. The fraction of sp³-hybridized carbons (Fsp3) is 0.500. The fourth-order valence-electron chi connectivity index (χ4n) is 0.0958. The van der Waals surface area contributed by atoms with Gasteiger partial charge in [-0.2, -0.15) is 0 Å². The third-order valence-corrected chi connectivity index (χ3v) is 0.616. The molecule has 0 unspecified atom stereocenters. The van der Waals surface area contributed by atoms with Crippen molar-refractivity contribution < 1.29 is 9.59 Å². The number of carbonyl (C=O) groups excluding carboxylic acids is 2. The summed E-state index contributed by atoms with van der Waals surface area (Å²) in [5.74, 6) is -0.296. The van der Waals surface area contributed by atoms with Gasteiger partial charge in [-0.1, -0.05) is 0 Å². The van der Waals surface area contributed by atoms with E-state index in [0.717, 1.165) is 0 Å². The Morgan fingerprint density at radius 1 is 1.86 bits per heavy atom. The molecule has 0 rings (SSSR count). The van der Waals surface area contributed by atoms with E-state index in [2.05, 4.69) is 0 Å². The highest BCUT2D eigenvalue weighted by molar-refractivity contribution is 5.95. The average molecular weight is 101 g/mol. The van der Waals surface area contributed by atoms with Gasteiger partial charge in [0.15, 0.2) is 5.78 Å². The zero-order chi connectivity index (χ0) is 5.86. The van der Waals surface area contributed by atoms with Crippen LogP contribution in [-0.4, -0.2) is 18.1 Å². The van der Waals surface area contributed by atoms with Crippen molar-refractivity contribution in [1.29, 1.82) is 0 Å². The lowest BCUT2D eigenvalue weighted by Crippen LogP contribution is -2.29. The molecule has 0 radical (unpaired) electrons. The maximum Gasteiger partial charge on any atom is 0.153 e. The molecular weight excluding hydrogens is 94.0 g/mol. The van der Waals surface area contributed by atoms with E-state index in [-0.39, 0.29) is 5.78 Å². The molecule has 0 aliphatic heterocycles. The van der Waals surface area contributed by atoms with Crippen molar-refractivity contribution in [3.63, 3.8) is 0 Å². The van der Waals surface area contributed by atoms with Crippen molar-refractivity contribution in [1.82, 2.24) is 0 Å². The van der Waals surface area contributed by atoms with Crippen LogP contribution in [0.2, 0.25) is 0 Å². The van der Waals surface area contributed by atoms with Gasteiger partial charge in [0.25, 0.3) is 0 Å². The maximum atomic E-state index is 10.0. The summed E-state index contributed by atoms with van der Waals surface area (Å²) in [6.45, 7) is 1.28. The van der Waals surface area contributed by atoms with Crippen molar-refractivity contribution in [2.24, 2.45) is 5.73 Å². The number of Topliss-reactive ketones (excluding diaryl/α,β-unsaturated/α-hetero) is 1. The van der Waals surface area contributed by atoms with Crippen molar-refractivity contribution in [2.75, 3.05) is 0 Å². The monoisotopic (exact) mass is 101 g/mol. The van der Waals surface area contributed by atoms with Gasteiger partial charge in [0.1, 0.15) is 12.3 Å².